The van der Waals surface area contributed by atoms with E-state index >= 15 is 0 Å². The fourth-order valence-corrected chi connectivity index (χ4v) is 2.54. The summed E-state index contributed by atoms with van der Waals surface area (Å²) in [6.45, 7) is 0. The minimum absolute atomic E-state index is 0.00779. The predicted octanol–water partition coefficient (Wildman–Crippen LogP) is 0.623. The summed E-state index contributed by atoms with van der Waals surface area (Å²) >= 11 is 1.26. The molecule has 0 fully saturated rings. The number of hydrogen-bond donors (Lipinski definition) is 1. The van der Waals surface area contributed by atoms with Crippen LogP contribution >= 0.6 is 11.8 Å². The first kappa shape index (κ1) is 13.4. The zero-order valence-corrected chi connectivity index (χ0v) is 11.9. The van der Waals surface area contributed by atoms with E-state index in [4.69, 9.17) is 10.6 Å². The number of nitrogen functional groups attached to an aromatic ring is 1. The fourth-order valence-electron chi connectivity index (χ4n) is 1.76. The normalized spacial score (nSPS) is 10.9. The van der Waals surface area contributed by atoms with Gasteiger partial charge in [-0.25, -0.2) is 4.68 Å². The van der Waals surface area contributed by atoms with Crippen LogP contribution in [0.1, 0.15) is 10.4 Å². The van der Waals surface area contributed by atoms with E-state index in [1.165, 1.54) is 27.3 Å². The van der Waals surface area contributed by atoms with Crippen molar-refractivity contribution >= 4 is 23.3 Å². The van der Waals surface area contributed by atoms with E-state index in [0.29, 0.717) is 22.2 Å². The lowest BCUT2D eigenvalue weighted by Crippen LogP contribution is -2.06. The van der Waals surface area contributed by atoms with E-state index in [9.17, 15) is 4.79 Å². The summed E-state index contributed by atoms with van der Waals surface area (Å²) in [6, 6.07) is 6.97. The van der Waals surface area contributed by atoms with Gasteiger partial charge in [0.15, 0.2) is 5.78 Å². The molecule has 0 amide bonds. The van der Waals surface area contributed by atoms with Gasteiger partial charge in [-0.05, 0) is 24.3 Å². The molecule has 108 valence electrons. The molecule has 0 aliphatic rings. The summed E-state index contributed by atoms with van der Waals surface area (Å²) in [4.78, 5) is 12.1. The van der Waals surface area contributed by atoms with E-state index in [0.717, 1.165) is 0 Å². The molecule has 21 heavy (non-hydrogen) atoms. The van der Waals surface area contributed by atoms with Crippen LogP contribution in [0.25, 0.3) is 5.78 Å². The van der Waals surface area contributed by atoms with Crippen molar-refractivity contribution in [1.29, 1.82) is 0 Å². The number of carbonyl (C=O) groups is 1. The molecule has 3 rings (SSSR count). The van der Waals surface area contributed by atoms with Crippen molar-refractivity contribution in [3.63, 3.8) is 0 Å². The molecule has 0 saturated carbocycles. The number of Topliss-reactive ketones (excluding diaryl/α,β-unsaturated/α-hetero) is 1. The Kier molecular flexibility index (Phi) is 3.48. The number of fused-ring (bicyclic) bond motifs is 1. The van der Waals surface area contributed by atoms with E-state index in [1.54, 1.807) is 31.4 Å². The van der Waals surface area contributed by atoms with Crippen LogP contribution in [0.2, 0.25) is 0 Å². The highest BCUT2D eigenvalue weighted by molar-refractivity contribution is 7.99. The number of hydrogen-bond acceptors (Lipinski definition) is 7. The van der Waals surface area contributed by atoms with Gasteiger partial charge in [0.2, 0.25) is 5.16 Å². The van der Waals surface area contributed by atoms with Gasteiger partial charge in [-0.15, -0.1) is 10.2 Å². The Labute approximate surface area is 123 Å². The van der Waals surface area contributed by atoms with Crippen LogP contribution < -0.4 is 10.6 Å². The average molecular weight is 304 g/mol. The molecular weight excluding hydrogens is 292 g/mol. The van der Waals surface area contributed by atoms with Gasteiger partial charge in [0.05, 0.1) is 12.9 Å². The molecule has 1 aromatic carbocycles. The van der Waals surface area contributed by atoms with E-state index in [2.05, 4.69) is 15.3 Å². The zero-order chi connectivity index (χ0) is 14.8. The van der Waals surface area contributed by atoms with Crippen LogP contribution in [0, 0.1) is 0 Å². The number of ether oxygens (including phenoxy) is 1. The van der Waals surface area contributed by atoms with Crippen molar-refractivity contribution in [3.05, 3.63) is 36.2 Å². The van der Waals surface area contributed by atoms with Gasteiger partial charge in [-0.3, -0.25) is 4.79 Å². The zero-order valence-electron chi connectivity index (χ0n) is 11.1. The molecule has 0 saturated heterocycles. The van der Waals surface area contributed by atoms with E-state index in [-0.39, 0.29) is 11.5 Å². The largest absolute Gasteiger partial charge is 0.497 e. The summed E-state index contributed by atoms with van der Waals surface area (Å²) in [5.41, 5.74) is 0.619. The summed E-state index contributed by atoms with van der Waals surface area (Å²) in [5, 5.41) is 12.4. The minimum Gasteiger partial charge on any atom is -0.497 e. The Bertz CT molecular complexity index is 779. The van der Waals surface area contributed by atoms with Gasteiger partial charge in [0.25, 0.3) is 5.78 Å². The molecule has 0 aliphatic carbocycles. The molecule has 9 heteroatoms. The number of methoxy groups -OCH3 is 1. The summed E-state index contributed by atoms with van der Waals surface area (Å²) in [6.07, 6.45) is 1.43. The van der Waals surface area contributed by atoms with Crippen LogP contribution in [0.5, 0.6) is 5.75 Å². The highest BCUT2D eigenvalue weighted by Crippen LogP contribution is 2.18. The topological polar surface area (TPSA) is 100 Å². The lowest BCUT2D eigenvalue weighted by atomic mass is 10.1. The maximum Gasteiger partial charge on any atom is 0.273 e. The minimum atomic E-state index is -0.00779. The van der Waals surface area contributed by atoms with Crippen LogP contribution in [-0.2, 0) is 0 Å². The molecule has 0 bridgehead atoms. The third-order valence-corrected chi connectivity index (χ3v) is 3.78. The van der Waals surface area contributed by atoms with Crippen molar-refractivity contribution in [2.24, 2.45) is 0 Å². The van der Waals surface area contributed by atoms with Crippen molar-refractivity contribution < 1.29 is 9.53 Å². The Balaban J connectivity index is 1.70. The van der Waals surface area contributed by atoms with Crippen LogP contribution in [-0.4, -0.2) is 43.1 Å². The molecule has 0 unspecified atom stereocenters. The maximum atomic E-state index is 12.1. The maximum absolute atomic E-state index is 12.1. The van der Waals surface area contributed by atoms with Gasteiger partial charge in [0.1, 0.15) is 12.1 Å². The van der Waals surface area contributed by atoms with Crippen LogP contribution in [0.3, 0.4) is 0 Å². The molecule has 0 atom stereocenters. The highest BCUT2D eigenvalue weighted by Gasteiger charge is 2.13. The number of ketones is 1. The number of aromatic nitrogens is 5. The number of nitrogens with two attached hydrogens (primary N) is 1. The molecule has 2 aromatic heterocycles. The first-order chi connectivity index (χ1) is 10.2. The number of rotatable bonds is 5. The smallest absolute Gasteiger partial charge is 0.273 e. The average Bonchev–Trinajstić information content (AvgIpc) is 3.08. The van der Waals surface area contributed by atoms with Crippen molar-refractivity contribution in [3.8, 4) is 5.75 Å². The van der Waals surface area contributed by atoms with Gasteiger partial charge in [-0.2, -0.15) is 9.61 Å². The van der Waals surface area contributed by atoms with Gasteiger partial charge in [0, 0.05) is 5.56 Å². The Morgan fingerprint density at radius 2 is 2.10 bits per heavy atom. The second kappa shape index (κ2) is 5.44. The number of nitrogens with zero attached hydrogens (tertiary/aromatic N) is 5. The monoisotopic (exact) mass is 304 g/mol. The third-order valence-electron chi connectivity index (χ3n) is 2.86. The summed E-state index contributed by atoms with van der Waals surface area (Å²) in [7, 11) is 1.58. The highest BCUT2D eigenvalue weighted by atomic mass is 32.2. The molecule has 8 nitrogen and oxygen atoms in total. The first-order valence-electron chi connectivity index (χ1n) is 6.03. The van der Waals surface area contributed by atoms with Crippen LogP contribution in [0.4, 0.5) is 0 Å². The van der Waals surface area contributed by atoms with Crippen molar-refractivity contribution in [2.45, 2.75) is 5.16 Å². The first-order valence-corrected chi connectivity index (χ1v) is 7.01. The molecule has 2 N–H and O–H groups in total. The summed E-state index contributed by atoms with van der Waals surface area (Å²) in [5.74, 6) is 6.98. The second-order valence-corrected chi connectivity index (χ2v) is 5.12. The third kappa shape index (κ3) is 2.55. The van der Waals surface area contributed by atoms with Crippen molar-refractivity contribution in [1.82, 2.24) is 24.5 Å². The Morgan fingerprint density at radius 1 is 1.33 bits per heavy atom. The van der Waals surface area contributed by atoms with Crippen LogP contribution in [0.15, 0.2) is 35.7 Å². The standard InChI is InChI=1S/C12H12N6O2S/c1-20-9-4-2-8(3-5-9)10(19)6-21-12-16-15-11-17(13)7-14-18(11)12/h2-5,7H,6,13H2,1H3. The lowest BCUT2D eigenvalue weighted by molar-refractivity contribution is 0.102. The Morgan fingerprint density at radius 3 is 2.81 bits per heavy atom. The van der Waals surface area contributed by atoms with E-state index in [1.807, 2.05) is 0 Å². The van der Waals surface area contributed by atoms with E-state index < -0.39 is 0 Å². The number of benzene rings is 1. The van der Waals surface area contributed by atoms with Gasteiger partial charge < -0.3 is 10.6 Å². The second-order valence-electron chi connectivity index (χ2n) is 4.17. The number of carbonyl (C=O) groups excluding carboxylic acids is 1. The lowest BCUT2D eigenvalue weighted by Gasteiger charge is -2.02. The molecule has 0 radical (unpaired) electrons. The quantitative estimate of drug-likeness (QED) is 0.419. The molecular formula is C12H12N6O2S. The van der Waals surface area contributed by atoms with Crippen molar-refractivity contribution in [2.75, 3.05) is 18.7 Å². The number of thioether (sulfide) groups is 1. The molecule has 2 heterocycles. The molecule has 0 aliphatic heterocycles. The SMILES string of the molecule is COc1ccc(C(=O)CSc2nnc3n(N)cnn23)cc1. The van der Waals surface area contributed by atoms with Gasteiger partial charge >= 0.3 is 0 Å². The van der Waals surface area contributed by atoms with Gasteiger partial charge in [-0.1, -0.05) is 11.8 Å². The Hall–Kier alpha value is -2.55. The predicted molar refractivity (Wildman–Crippen MR) is 77.0 cm³/mol. The molecule has 3 aromatic rings. The fraction of sp³-hybridized carbons (Fsp3) is 0.167. The molecule has 0 spiro atoms. The summed E-state index contributed by atoms with van der Waals surface area (Å²) < 4.78 is 7.82.